The zero-order valence-corrected chi connectivity index (χ0v) is 7.41. The van der Waals surface area contributed by atoms with E-state index < -0.39 is 0 Å². The Balaban J connectivity index is 3.28. The van der Waals surface area contributed by atoms with Crippen LogP contribution in [0.2, 0.25) is 0 Å². The van der Waals surface area contributed by atoms with Gasteiger partial charge in [-0.05, 0) is 6.07 Å². The Bertz CT molecular complexity index is 281. The van der Waals surface area contributed by atoms with Crippen LogP contribution in [0.5, 0.6) is 0 Å². The lowest BCUT2D eigenvalue weighted by Gasteiger charge is -1.95. The summed E-state index contributed by atoms with van der Waals surface area (Å²) in [5.41, 5.74) is 5.93. The summed E-state index contributed by atoms with van der Waals surface area (Å²) in [6, 6.07) is 3.54. The minimum absolute atomic E-state index is 0.0226. The Morgan fingerprint density at radius 2 is 2.40 bits per heavy atom. The number of halogens is 1. The van der Waals surface area contributed by atoms with Gasteiger partial charge in [0.2, 0.25) is 0 Å². The molecule has 0 atom stereocenters. The van der Waals surface area contributed by atoms with Gasteiger partial charge in [0.1, 0.15) is 0 Å². The van der Waals surface area contributed by atoms with Crippen molar-refractivity contribution in [3.8, 4) is 0 Å². The molecule has 0 radical (unpaired) electrons. The van der Waals surface area contributed by atoms with Crippen LogP contribution < -0.4 is 11.3 Å². The number of hydrogen-bond donors (Lipinski definition) is 1. The smallest absolute Gasteiger partial charge is 0.263 e. The average molecular weight is 250 g/mol. The van der Waals surface area contributed by atoms with Gasteiger partial charge in [0, 0.05) is 18.3 Å². The third-order valence-electron chi connectivity index (χ3n) is 1.20. The summed E-state index contributed by atoms with van der Waals surface area (Å²) >= 11 is 1.92. The molecule has 0 amide bonds. The van der Waals surface area contributed by atoms with Crippen molar-refractivity contribution in [2.45, 2.75) is 6.54 Å². The molecule has 0 aliphatic carbocycles. The van der Waals surface area contributed by atoms with Crippen LogP contribution in [0.3, 0.4) is 0 Å². The molecule has 0 spiro atoms. The molecule has 10 heavy (non-hydrogen) atoms. The number of pyridine rings is 1. The van der Waals surface area contributed by atoms with Crippen molar-refractivity contribution in [3.63, 3.8) is 0 Å². The number of hydrogen-bond acceptors (Lipinski definition) is 2. The SMILES string of the molecule is NCc1cccn(I)c1=O. The molecule has 1 heterocycles. The second-order valence-corrected chi connectivity index (χ2v) is 2.89. The normalized spacial score (nSPS) is 9.80. The van der Waals surface area contributed by atoms with Crippen molar-refractivity contribution in [2.24, 2.45) is 5.73 Å². The van der Waals surface area contributed by atoms with Crippen LogP contribution in [0.25, 0.3) is 0 Å². The molecule has 0 aromatic carbocycles. The molecule has 0 saturated heterocycles. The van der Waals surface area contributed by atoms with Crippen molar-refractivity contribution in [3.05, 3.63) is 34.2 Å². The van der Waals surface area contributed by atoms with Crippen LogP contribution >= 0.6 is 22.9 Å². The minimum atomic E-state index is -0.0226. The fourth-order valence-corrected chi connectivity index (χ4v) is 1.16. The van der Waals surface area contributed by atoms with Crippen LogP contribution in [-0.4, -0.2) is 2.78 Å². The second kappa shape index (κ2) is 3.16. The van der Waals surface area contributed by atoms with Gasteiger partial charge in [-0.3, -0.25) is 7.58 Å². The lowest BCUT2D eigenvalue weighted by atomic mass is 10.3. The largest absolute Gasteiger partial charge is 0.326 e. The van der Waals surface area contributed by atoms with Gasteiger partial charge >= 0.3 is 0 Å². The first-order chi connectivity index (χ1) is 4.75. The molecule has 54 valence electrons. The van der Waals surface area contributed by atoms with Gasteiger partial charge in [-0.25, -0.2) is 0 Å². The lowest BCUT2D eigenvalue weighted by Crippen LogP contribution is -2.18. The summed E-state index contributed by atoms with van der Waals surface area (Å²) in [6.07, 6.45) is 1.70. The van der Waals surface area contributed by atoms with Gasteiger partial charge in [0.25, 0.3) is 5.56 Å². The zero-order valence-electron chi connectivity index (χ0n) is 5.25. The van der Waals surface area contributed by atoms with E-state index in [1.807, 2.05) is 22.9 Å². The molecule has 0 aliphatic heterocycles. The maximum Gasteiger partial charge on any atom is 0.263 e. The summed E-state index contributed by atoms with van der Waals surface area (Å²) in [5, 5.41) is 0. The molecule has 1 aromatic rings. The number of aromatic nitrogens is 1. The Morgan fingerprint density at radius 1 is 1.70 bits per heavy atom. The van der Waals surface area contributed by atoms with Gasteiger partial charge in [0.05, 0.1) is 22.9 Å². The van der Waals surface area contributed by atoms with E-state index in [4.69, 9.17) is 5.73 Å². The third kappa shape index (κ3) is 1.38. The summed E-state index contributed by atoms with van der Waals surface area (Å²) in [7, 11) is 0. The monoisotopic (exact) mass is 250 g/mol. The minimum Gasteiger partial charge on any atom is -0.326 e. The van der Waals surface area contributed by atoms with E-state index in [0.717, 1.165) is 0 Å². The summed E-state index contributed by atoms with van der Waals surface area (Å²) in [5.74, 6) is 0. The molecular weight excluding hydrogens is 243 g/mol. The van der Waals surface area contributed by atoms with Crippen molar-refractivity contribution < 1.29 is 0 Å². The van der Waals surface area contributed by atoms with E-state index in [-0.39, 0.29) is 5.56 Å². The fraction of sp³-hybridized carbons (Fsp3) is 0.167. The van der Waals surface area contributed by atoms with E-state index in [2.05, 4.69) is 0 Å². The Labute approximate surface area is 72.3 Å². The van der Waals surface area contributed by atoms with Gasteiger partial charge in [0.15, 0.2) is 0 Å². The molecule has 1 aromatic heterocycles. The molecule has 4 heteroatoms. The first-order valence-corrected chi connectivity index (χ1v) is 3.79. The molecule has 2 N–H and O–H groups in total. The molecule has 0 bridgehead atoms. The zero-order chi connectivity index (χ0) is 7.56. The van der Waals surface area contributed by atoms with Crippen LogP contribution in [-0.2, 0) is 6.54 Å². The van der Waals surface area contributed by atoms with Gasteiger partial charge in [-0.1, -0.05) is 6.07 Å². The lowest BCUT2D eigenvalue weighted by molar-refractivity contribution is 1.01. The topological polar surface area (TPSA) is 48.0 Å². The van der Waals surface area contributed by atoms with Crippen molar-refractivity contribution >= 4 is 22.9 Å². The summed E-state index contributed by atoms with van der Waals surface area (Å²) in [4.78, 5) is 11.1. The van der Waals surface area contributed by atoms with E-state index in [1.165, 1.54) is 2.78 Å². The first kappa shape index (κ1) is 7.74. The molecular formula is C6H7IN2O. The maximum atomic E-state index is 11.1. The second-order valence-electron chi connectivity index (χ2n) is 1.85. The Morgan fingerprint density at radius 3 is 2.90 bits per heavy atom. The highest BCUT2D eigenvalue weighted by molar-refractivity contribution is 14.1. The van der Waals surface area contributed by atoms with Crippen molar-refractivity contribution in [2.75, 3.05) is 0 Å². The summed E-state index contributed by atoms with van der Waals surface area (Å²) in [6.45, 7) is 0.308. The number of nitrogens with zero attached hydrogens (tertiary/aromatic N) is 1. The Kier molecular flexibility index (Phi) is 2.44. The number of rotatable bonds is 1. The maximum absolute atomic E-state index is 11.1. The molecule has 0 fully saturated rings. The van der Waals surface area contributed by atoms with E-state index in [1.54, 1.807) is 18.3 Å². The van der Waals surface area contributed by atoms with Gasteiger partial charge in [-0.2, -0.15) is 0 Å². The average Bonchev–Trinajstić information content (AvgIpc) is 1.95. The van der Waals surface area contributed by atoms with Crippen LogP contribution in [0.15, 0.2) is 23.1 Å². The molecule has 0 saturated carbocycles. The highest BCUT2D eigenvalue weighted by Crippen LogP contribution is 1.92. The quantitative estimate of drug-likeness (QED) is 0.738. The highest BCUT2D eigenvalue weighted by atomic mass is 127. The van der Waals surface area contributed by atoms with E-state index in [9.17, 15) is 4.79 Å². The summed E-state index contributed by atoms with van der Waals surface area (Å²) < 4.78 is 1.49. The highest BCUT2D eigenvalue weighted by Gasteiger charge is 1.96. The van der Waals surface area contributed by atoms with Crippen LogP contribution in [0, 0.1) is 0 Å². The molecule has 3 nitrogen and oxygen atoms in total. The van der Waals surface area contributed by atoms with Crippen molar-refractivity contribution in [1.82, 2.24) is 2.78 Å². The van der Waals surface area contributed by atoms with E-state index in [0.29, 0.717) is 12.1 Å². The van der Waals surface area contributed by atoms with Gasteiger partial charge in [-0.15, -0.1) is 0 Å². The number of nitrogens with two attached hydrogens (primary N) is 1. The molecule has 1 rings (SSSR count). The Hall–Kier alpha value is -0.360. The predicted octanol–water partition coefficient (Wildman–Crippen LogP) is 0.505. The van der Waals surface area contributed by atoms with Crippen molar-refractivity contribution in [1.29, 1.82) is 0 Å². The standard InChI is InChI=1S/C6H7IN2O/c7-9-3-1-2-5(4-8)6(9)10/h1-3H,4,8H2. The first-order valence-electron chi connectivity index (χ1n) is 2.82. The van der Waals surface area contributed by atoms with Crippen LogP contribution in [0.4, 0.5) is 0 Å². The predicted molar refractivity (Wildman–Crippen MR) is 48.0 cm³/mol. The molecule has 0 unspecified atom stereocenters. The van der Waals surface area contributed by atoms with E-state index >= 15 is 0 Å². The third-order valence-corrected chi connectivity index (χ3v) is 1.96. The fourth-order valence-electron chi connectivity index (χ4n) is 0.666. The van der Waals surface area contributed by atoms with Crippen LogP contribution in [0.1, 0.15) is 5.56 Å². The molecule has 0 aliphatic rings. The van der Waals surface area contributed by atoms with Gasteiger partial charge < -0.3 is 5.73 Å².